The zero-order valence-corrected chi connectivity index (χ0v) is 8.03. The molecule has 0 spiro atoms. The van der Waals surface area contributed by atoms with E-state index in [1.807, 2.05) is 11.8 Å². The highest BCUT2D eigenvalue weighted by atomic mass is 16.1. The normalized spacial score (nSPS) is 9.43. The summed E-state index contributed by atoms with van der Waals surface area (Å²) in [6.07, 6.45) is 1.80. The molecule has 1 heterocycles. The molecule has 0 amide bonds. The summed E-state index contributed by atoms with van der Waals surface area (Å²) < 4.78 is 0. The zero-order valence-electron chi connectivity index (χ0n) is 8.03. The Balaban J connectivity index is 2.79. The van der Waals surface area contributed by atoms with Gasteiger partial charge in [0, 0.05) is 19.2 Å². The van der Waals surface area contributed by atoms with Crippen molar-refractivity contribution in [1.82, 2.24) is 9.97 Å². The van der Waals surface area contributed by atoms with E-state index in [1.165, 1.54) is 12.4 Å². The minimum atomic E-state index is -0.176. The van der Waals surface area contributed by atoms with Crippen LogP contribution < -0.4 is 10.5 Å². The third-order valence-electron chi connectivity index (χ3n) is 1.86. The lowest BCUT2D eigenvalue weighted by Gasteiger charge is -2.19. The molecule has 14 heavy (non-hydrogen) atoms. The van der Waals surface area contributed by atoms with E-state index in [2.05, 4.69) is 16.0 Å². The Labute approximate surface area is 82.0 Å². The fourth-order valence-electron chi connectivity index (χ4n) is 1.15. The second-order valence-corrected chi connectivity index (χ2v) is 2.76. The smallest absolute Gasteiger partial charge is 0.252 e. The number of hydrogen-bond donors (Lipinski definition) is 1. The molecule has 74 valence electrons. The van der Waals surface area contributed by atoms with Crippen LogP contribution in [0.3, 0.4) is 0 Å². The van der Waals surface area contributed by atoms with Gasteiger partial charge in [-0.15, -0.1) is 0 Å². The van der Waals surface area contributed by atoms with Gasteiger partial charge < -0.3 is 9.88 Å². The monoisotopic (exact) mass is 192 g/mol. The van der Waals surface area contributed by atoms with Gasteiger partial charge in [-0.25, -0.2) is 4.98 Å². The number of H-pyrrole nitrogens is 1. The van der Waals surface area contributed by atoms with Gasteiger partial charge in [0.15, 0.2) is 0 Å². The number of nitriles is 1. The summed E-state index contributed by atoms with van der Waals surface area (Å²) in [6.45, 7) is 3.29. The molecule has 0 fully saturated rings. The first-order valence-corrected chi connectivity index (χ1v) is 4.44. The van der Waals surface area contributed by atoms with Crippen molar-refractivity contribution in [2.24, 2.45) is 0 Å². The molecule has 0 aliphatic heterocycles. The van der Waals surface area contributed by atoms with Crippen molar-refractivity contribution in [2.45, 2.75) is 13.3 Å². The molecule has 1 aromatic rings. The molecule has 0 atom stereocenters. The Hall–Kier alpha value is -1.83. The summed E-state index contributed by atoms with van der Waals surface area (Å²) in [7, 11) is 0. The van der Waals surface area contributed by atoms with Crippen molar-refractivity contribution >= 4 is 5.82 Å². The maximum absolute atomic E-state index is 11.0. The van der Waals surface area contributed by atoms with E-state index in [4.69, 9.17) is 5.26 Å². The molecule has 1 N–H and O–H groups in total. The maximum Gasteiger partial charge on any atom is 0.252 e. The molecule has 0 aromatic carbocycles. The molecule has 5 nitrogen and oxygen atoms in total. The molecule has 1 aromatic heterocycles. The predicted molar refractivity (Wildman–Crippen MR) is 53.0 cm³/mol. The van der Waals surface area contributed by atoms with Crippen LogP contribution in [0.25, 0.3) is 0 Å². The molecule has 0 saturated carbocycles. The third kappa shape index (κ3) is 2.59. The highest BCUT2D eigenvalue weighted by molar-refractivity contribution is 5.36. The number of rotatable bonds is 4. The van der Waals surface area contributed by atoms with Crippen molar-refractivity contribution in [1.29, 1.82) is 5.26 Å². The van der Waals surface area contributed by atoms with Crippen LogP contribution in [0.4, 0.5) is 5.82 Å². The largest absolute Gasteiger partial charge is 0.356 e. The van der Waals surface area contributed by atoms with E-state index >= 15 is 0 Å². The molecule has 0 aliphatic carbocycles. The van der Waals surface area contributed by atoms with Gasteiger partial charge in [0.2, 0.25) is 0 Å². The van der Waals surface area contributed by atoms with Crippen LogP contribution in [0.1, 0.15) is 13.3 Å². The number of aromatic nitrogens is 2. The lowest BCUT2D eigenvalue weighted by atomic mass is 10.4. The molecule has 0 saturated heterocycles. The van der Waals surface area contributed by atoms with Gasteiger partial charge in [0.05, 0.1) is 18.8 Å². The average molecular weight is 192 g/mol. The highest BCUT2D eigenvalue weighted by Crippen LogP contribution is 2.05. The Bertz CT molecular complexity index is 379. The Morgan fingerprint density at radius 2 is 2.50 bits per heavy atom. The molecule has 0 unspecified atom stereocenters. The van der Waals surface area contributed by atoms with Crippen LogP contribution >= 0.6 is 0 Å². The van der Waals surface area contributed by atoms with Gasteiger partial charge in [-0.3, -0.25) is 4.79 Å². The number of anilines is 1. The lowest BCUT2D eigenvalue weighted by Crippen LogP contribution is -2.26. The van der Waals surface area contributed by atoms with Gasteiger partial charge in [0.1, 0.15) is 5.82 Å². The number of nitrogens with zero attached hydrogens (tertiary/aromatic N) is 3. The first-order valence-electron chi connectivity index (χ1n) is 4.44. The topological polar surface area (TPSA) is 72.8 Å². The van der Waals surface area contributed by atoms with Crippen molar-refractivity contribution in [3.63, 3.8) is 0 Å². The fraction of sp³-hybridized carbons (Fsp3) is 0.444. The summed E-state index contributed by atoms with van der Waals surface area (Å²) in [5, 5.41) is 8.45. The van der Waals surface area contributed by atoms with Crippen LogP contribution in [0.5, 0.6) is 0 Å². The van der Waals surface area contributed by atoms with Crippen LogP contribution in [-0.2, 0) is 0 Å². The van der Waals surface area contributed by atoms with E-state index < -0.39 is 0 Å². The highest BCUT2D eigenvalue weighted by Gasteiger charge is 2.04. The summed E-state index contributed by atoms with van der Waals surface area (Å²) in [6, 6.07) is 3.49. The number of aromatic amines is 1. The summed E-state index contributed by atoms with van der Waals surface area (Å²) in [5.74, 6) is 0.617. The minimum absolute atomic E-state index is 0.176. The van der Waals surface area contributed by atoms with Gasteiger partial charge in [0.25, 0.3) is 5.56 Å². The summed E-state index contributed by atoms with van der Waals surface area (Å²) in [5.41, 5.74) is -0.176. The molecule has 0 radical (unpaired) electrons. The van der Waals surface area contributed by atoms with Gasteiger partial charge in [-0.05, 0) is 6.92 Å². The summed E-state index contributed by atoms with van der Waals surface area (Å²) in [4.78, 5) is 19.4. The van der Waals surface area contributed by atoms with E-state index in [-0.39, 0.29) is 5.56 Å². The Kier molecular flexibility index (Phi) is 3.68. The standard InChI is InChI=1S/C9H12N4O/c1-2-13(5-3-4-10)8-6-9(14)12-7-11-8/h6-7H,2-3,5H2,1H3,(H,11,12,14). The minimum Gasteiger partial charge on any atom is -0.356 e. The van der Waals surface area contributed by atoms with Gasteiger partial charge in [-0.2, -0.15) is 5.26 Å². The quantitative estimate of drug-likeness (QED) is 0.754. The van der Waals surface area contributed by atoms with Gasteiger partial charge >= 0.3 is 0 Å². The second-order valence-electron chi connectivity index (χ2n) is 2.76. The molecular weight excluding hydrogens is 180 g/mol. The fourth-order valence-corrected chi connectivity index (χ4v) is 1.15. The van der Waals surface area contributed by atoms with Crippen LogP contribution in [-0.4, -0.2) is 23.1 Å². The van der Waals surface area contributed by atoms with E-state index in [9.17, 15) is 4.79 Å². The van der Waals surface area contributed by atoms with E-state index in [0.717, 1.165) is 6.54 Å². The summed E-state index contributed by atoms with van der Waals surface area (Å²) >= 11 is 0. The molecular formula is C9H12N4O. The van der Waals surface area contributed by atoms with Crippen molar-refractivity contribution in [2.75, 3.05) is 18.0 Å². The van der Waals surface area contributed by atoms with Crippen molar-refractivity contribution in [3.8, 4) is 6.07 Å². The molecule has 0 aliphatic rings. The number of nitrogens with one attached hydrogen (secondary N) is 1. The third-order valence-corrected chi connectivity index (χ3v) is 1.86. The first kappa shape index (κ1) is 10.3. The predicted octanol–water partition coefficient (Wildman–Crippen LogP) is 0.510. The SMILES string of the molecule is CCN(CCC#N)c1cc(=O)[nH]cn1. The molecule has 0 bridgehead atoms. The molecule has 1 rings (SSSR count). The van der Waals surface area contributed by atoms with Crippen molar-refractivity contribution in [3.05, 3.63) is 22.7 Å². The zero-order chi connectivity index (χ0) is 10.4. The number of hydrogen-bond acceptors (Lipinski definition) is 4. The first-order chi connectivity index (χ1) is 6.77. The Morgan fingerprint density at radius 3 is 3.07 bits per heavy atom. The Morgan fingerprint density at radius 1 is 1.71 bits per heavy atom. The second kappa shape index (κ2) is 5.02. The lowest BCUT2D eigenvalue weighted by molar-refractivity contribution is 0.805. The van der Waals surface area contributed by atoms with Crippen molar-refractivity contribution < 1.29 is 0 Å². The van der Waals surface area contributed by atoms with Crippen LogP contribution in [0.15, 0.2) is 17.2 Å². The van der Waals surface area contributed by atoms with Gasteiger partial charge in [-0.1, -0.05) is 0 Å². The molecule has 5 heteroatoms. The van der Waals surface area contributed by atoms with E-state index in [0.29, 0.717) is 18.8 Å². The van der Waals surface area contributed by atoms with E-state index in [1.54, 1.807) is 0 Å². The van der Waals surface area contributed by atoms with Crippen LogP contribution in [0.2, 0.25) is 0 Å². The van der Waals surface area contributed by atoms with Crippen LogP contribution in [0, 0.1) is 11.3 Å². The average Bonchev–Trinajstić information content (AvgIpc) is 2.19. The maximum atomic E-state index is 11.0.